The monoisotopic (exact) mass is 348 g/mol. The minimum atomic E-state index is -0.551. The number of carbonyl (C=O) groups is 1. The van der Waals surface area contributed by atoms with E-state index in [1.807, 2.05) is 31.2 Å². The zero-order chi connectivity index (χ0) is 17.6. The average molecular weight is 348 g/mol. The highest BCUT2D eigenvalue weighted by Crippen LogP contribution is 2.29. The molecule has 2 fully saturated rings. The van der Waals surface area contributed by atoms with Gasteiger partial charge >= 0.3 is 0 Å². The molecule has 0 radical (unpaired) electrons. The van der Waals surface area contributed by atoms with Gasteiger partial charge in [-0.3, -0.25) is 9.69 Å². The zero-order valence-corrected chi connectivity index (χ0v) is 14.8. The van der Waals surface area contributed by atoms with Crippen LogP contribution in [0.1, 0.15) is 18.4 Å². The van der Waals surface area contributed by atoms with Crippen molar-refractivity contribution >= 4 is 5.91 Å². The summed E-state index contributed by atoms with van der Waals surface area (Å²) in [6.07, 6.45) is 0.906. The van der Waals surface area contributed by atoms with E-state index in [-0.39, 0.29) is 17.9 Å². The predicted octanol–water partition coefficient (Wildman–Crippen LogP) is 0.962. The third-order valence-electron chi connectivity index (χ3n) is 5.03. The lowest BCUT2D eigenvalue weighted by molar-refractivity contribution is -0.123. The van der Waals surface area contributed by atoms with Gasteiger partial charge in [0.1, 0.15) is 11.9 Å². The number of hydrogen-bond donors (Lipinski definition) is 2. The van der Waals surface area contributed by atoms with E-state index in [9.17, 15) is 9.90 Å². The highest BCUT2D eigenvalue weighted by Gasteiger charge is 2.36. The SMILES string of the molecule is Cc1ccc(O[C@@H]2CC[C@H](CNC(=O)CN3CCOCC3)[C@H]2O)cc1. The molecule has 1 saturated carbocycles. The Labute approximate surface area is 149 Å². The third-order valence-corrected chi connectivity index (χ3v) is 5.03. The number of aliphatic hydroxyl groups is 1. The van der Waals surface area contributed by atoms with Crippen molar-refractivity contribution in [3.05, 3.63) is 29.8 Å². The quantitative estimate of drug-likeness (QED) is 0.801. The lowest BCUT2D eigenvalue weighted by Gasteiger charge is -2.26. The largest absolute Gasteiger partial charge is 0.488 e. The van der Waals surface area contributed by atoms with Crippen molar-refractivity contribution in [2.24, 2.45) is 5.92 Å². The molecular weight excluding hydrogens is 320 g/mol. The van der Waals surface area contributed by atoms with E-state index >= 15 is 0 Å². The van der Waals surface area contributed by atoms with E-state index in [4.69, 9.17) is 9.47 Å². The van der Waals surface area contributed by atoms with Crippen molar-refractivity contribution in [2.75, 3.05) is 39.4 Å². The lowest BCUT2D eigenvalue weighted by Crippen LogP contribution is -2.45. The van der Waals surface area contributed by atoms with Crippen LogP contribution >= 0.6 is 0 Å². The van der Waals surface area contributed by atoms with Crippen LogP contribution in [0.5, 0.6) is 5.75 Å². The first-order chi connectivity index (χ1) is 12.1. The fourth-order valence-electron chi connectivity index (χ4n) is 3.43. The van der Waals surface area contributed by atoms with Crippen LogP contribution in [0.3, 0.4) is 0 Å². The van der Waals surface area contributed by atoms with Crippen LogP contribution in [0.2, 0.25) is 0 Å². The second kappa shape index (κ2) is 8.65. The van der Waals surface area contributed by atoms with E-state index in [1.54, 1.807) is 0 Å². The van der Waals surface area contributed by atoms with Gasteiger partial charge in [-0.15, -0.1) is 0 Å². The number of nitrogens with one attached hydrogen (secondary N) is 1. The molecule has 2 N–H and O–H groups in total. The van der Waals surface area contributed by atoms with Crippen LogP contribution in [-0.4, -0.2) is 67.5 Å². The molecule has 0 spiro atoms. The summed E-state index contributed by atoms with van der Waals surface area (Å²) in [5, 5.41) is 13.5. The Kier molecular flexibility index (Phi) is 6.29. The molecule has 6 heteroatoms. The summed E-state index contributed by atoms with van der Waals surface area (Å²) in [5.74, 6) is 0.841. The van der Waals surface area contributed by atoms with Crippen molar-refractivity contribution < 1.29 is 19.4 Å². The standard InChI is InChI=1S/C19H28N2O4/c1-14-2-5-16(6-3-14)25-17-7-4-15(19(17)23)12-20-18(22)13-21-8-10-24-11-9-21/h2-3,5-6,15,17,19,23H,4,7-13H2,1H3,(H,20,22)/t15-,17-,19-/m1/s1. The summed E-state index contributed by atoms with van der Waals surface area (Å²) < 4.78 is 11.2. The maximum absolute atomic E-state index is 12.1. The average Bonchev–Trinajstić information content (AvgIpc) is 2.96. The molecule has 1 aromatic carbocycles. The second-order valence-corrected chi connectivity index (χ2v) is 6.99. The summed E-state index contributed by atoms with van der Waals surface area (Å²) >= 11 is 0. The number of rotatable bonds is 6. The van der Waals surface area contributed by atoms with E-state index in [0.717, 1.165) is 31.7 Å². The number of aryl methyl sites for hydroxylation is 1. The normalized spacial score (nSPS) is 27.2. The van der Waals surface area contributed by atoms with Gasteiger partial charge in [-0.05, 0) is 31.9 Å². The van der Waals surface area contributed by atoms with Gasteiger partial charge in [-0.25, -0.2) is 0 Å². The molecule has 138 valence electrons. The van der Waals surface area contributed by atoms with Crippen molar-refractivity contribution in [3.8, 4) is 5.75 Å². The zero-order valence-electron chi connectivity index (χ0n) is 14.8. The van der Waals surface area contributed by atoms with Crippen molar-refractivity contribution in [2.45, 2.75) is 32.0 Å². The molecule has 0 aromatic heterocycles. The Balaban J connectivity index is 1.41. The highest BCUT2D eigenvalue weighted by atomic mass is 16.5. The topological polar surface area (TPSA) is 71.0 Å². The molecule has 1 saturated heterocycles. The first kappa shape index (κ1) is 18.2. The van der Waals surface area contributed by atoms with Crippen LogP contribution in [0.4, 0.5) is 0 Å². The van der Waals surface area contributed by atoms with E-state index in [0.29, 0.717) is 26.3 Å². The van der Waals surface area contributed by atoms with E-state index < -0.39 is 6.10 Å². The third kappa shape index (κ3) is 5.17. The molecule has 2 aliphatic rings. The van der Waals surface area contributed by atoms with Gasteiger partial charge in [-0.2, -0.15) is 0 Å². The van der Waals surface area contributed by atoms with Crippen molar-refractivity contribution in [1.82, 2.24) is 10.2 Å². The Morgan fingerprint density at radius 2 is 2.00 bits per heavy atom. The fraction of sp³-hybridized carbons (Fsp3) is 0.632. The van der Waals surface area contributed by atoms with Crippen LogP contribution in [-0.2, 0) is 9.53 Å². The molecular formula is C19H28N2O4. The van der Waals surface area contributed by atoms with E-state index in [1.165, 1.54) is 5.56 Å². The van der Waals surface area contributed by atoms with Crippen LogP contribution in [0.15, 0.2) is 24.3 Å². The van der Waals surface area contributed by atoms with Crippen LogP contribution in [0, 0.1) is 12.8 Å². The number of amides is 1. The summed E-state index contributed by atoms with van der Waals surface area (Å²) in [6, 6.07) is 7.86. The van der Waals surface area contributed by atoms with Crippen molar-refractivity contribution in [3.63, 3.8) is 0 Å². The van der Waals surface area contributed by atoms with Gasteiger partial charge in [0.05, 0.1) is 25.9 Å². The fourth-order valence-corrected chi connectivity index (χ4v) is 3.43. The Morgan fingerprint density at radius 1 is 1.28 bits per heavy atom. The minimum absolute atomic E-state index is 0.0111. The Hall–Kier alpha value is -1.63. The molecule has 1 aromatic rings. The molecule has 0 bridgehead atoms. The Bertz CT molecular complexity index is 557. The molecule has 1 amide bonds. The number of morpholine rings is 1. The Morgan fingerprint density at radius 3 is 2.72 bits per heavy atom. The molecule has 3 atom stereocenters. The summed E-state index contributed by atoms with van der Waals surface area (Å²) in [4.78, 5) is 14.2. The van der Waals surface area contributed by atoms with Crippen LogP contribution in [0.25, 0.3) is 0 Å². The van der Waals surface area contributed by atoms with Crippen LogP contribution < -0.4 is 10.1 Å². The van der Waals surface area contributed by atoms with Crippen molar-refractivity contribution in [1.29, 1.82) is 0 Å². The van der Waals surface area contributed by atoms with Gasteiger partial charge in [0.2, 0.25) is 5.91 Å². The number of carbonyl (C=O) groups excluding carboxylic acids is 1. The number of hydrogen-bond acceptors (Lipinski definition) is 5. The van der Waals surface area contributed by atoms with Gasteiger partial charge in [-0.1, -0.05) is 17.7 Å². The summed E-state index contributed by atoms with van der Waals surface area (Å²) in [6.45, 7) is 5.90. The molecule has 0 unspecified atom stereocenters. The van der Waals surface area contributed by atoms with Gasteiger partial charge < -0.3 is 19.9 Å². The molecule has 1 aliphatic heterocycles. The lowest BCUT2D eigenvalue weighted by atomic mass is 10.1. The predicted molar refractivity (Wildman–Crippen MR) is 94.6 cm³/mol. The molecule has 3 rings (SSSR count). The number of ether oxygens (including phenoxy) is 2. The smallest absolute Gasteiger partial charge is 0.234 e. The number of aliphatic hydroxyl groups excluding tert-OH is 1. The number of benzene rings is 1. The van der Waals surface area contributed by atoms with Gasteiger partial charge in [0.25, 0.3) is 0 Å². The molecule has 6 nitrogen and oxygen atoms in total. The first-order valence-electron chi connectivity index (χ1n) is 9.10. The van der Waals surface area contributed by atoms with Gasteiger partial charge in [0, 0.05) is 25.6 Å². The molecule has 25 heavy (non-hydrogen) atoms. The van der Waals surface area contributed by atoms with E-state index in [2.05, 4.69) is 10.2 Å². The maximum Gasteiger partial charge on any atom is 0.234 e. The summed E-state index contributed by atoms with van der Waals surface area (Å²) in [5.41, 5.74) is 1.18. The molecule has 1 heterocycles. The highest BCUT2D eigenvalue weighted by molar-refractivity contribution is 5.78. The minimum Gasteiger partial charge on any atom is -0.488 e. The second-order valence-electron chi connectivity index (χ2n) is 6.99. The van der Waals surface area contributed by atoms with Gasteiger partial charge in [0.15, 0.2) is 0 Å². The molecule has 1 aliphatic carbocycles. The first-order valence-corrected chi connectivity index (χ1v) is 9.10. The number of nitrogens with zero attached hydrogens (tertiary/aromatic N) is 1. The summed E-state index contributed by atoms with van der Waals surface area (Å²) in [7, 11) is 0. The maximum atomic E-state index is 12.1.